The first kappa shape index (κ1) is 12.6. The summed E-state index contributed by atoms with van der Waals surface area (Å²) in [5.41, 5.74) is 4.34. The van der Waals surface area contributed by atoms with Crippen molar-refractivity contribution >= 4 is 0 Å². The van der Waals surface area contributed by atoms with Crippen LogP contribution in [0.15, 0.2) is 18.2 Å². The SMILES string of the molecule is CC(C)CCC(O)Cc1ccc2c(c1)CCC2. The molecule has 17 heavy (non-hydrogen) atoms. The van der Waals surface area contributed by atoms with Crippen LogP contribution in [0.1, 0.15) is 49.8 Å². The summed E-state index contributed by atoms with van der Waals surface area (Å²) in [6, 6.07) is 6.76. The van der Waals surface area contributed by atoms with Crippen molar-refractivity contribution in [2.75, 3.05) is 0 Å². The molecule has 1 heteroatoms. The molecule has 0 amide bonds. The Balaban J connectivity index is 1.90. The van der Waals surface area contributed by atoms with Crippen LogP contribution in [0.25, 0.3) is 0 Å². The molecule has 1 atom stereocenters. The predicted molar refractivity (Wildman–Crippen MR) is 72.2 cm³/mol. The Morgan fingerprint density at radius 2 is 1.88 bits per heavy atom. The molecule has 1 aromatic rings. The van der Waals surface area contributed by atoms with Gasteiger partial charge in [-0.3, -0.25) is 0 Å². The monoisotopic (exact) mass is 232 g/mol. The van der Waals surface area contributed by atoms with Crippen LogP contribution in [-0.4, -0.2) is 11.2 Å². The molecule has 0 saturated heterocycles. The van der Waals surface area contributed by atoms with Gasteiger partial charge in [0.15, 0.2) is 0 Å². The molecule has 94 valence electrons. The lowest BCUT2D eigenvalue weighted by Gasteiger charge is -2.13. The minimum Gasteiger partial charge on any atom is -0.393 e. The van der Waals surface area contributed by atoms with Gasteiger partial charge in [-0.15, -0.1) is 0 Å². The summed E-state index contributed by atoms with van der Waals surface area (Å²) in [7, 11) is 0. The van der Waals surface area contributed by atoms with Crippen LogP contribution in [-0.2, 0) is 19.3 Å². The van der Waals surface area contributed by atoms with E-state index in [0.29, 0.717) is 5.92 Å². The molecule has 0 heterocycles. The van der Waals surface area contributed by atoms with Crippen LogP contribution in [0.2, 0.25) is 0 Å². The Kier molecular flexibility index (Phi) is 4.22. The maximum Gasteiger partial charge on any atom is 0.0580 e. The molecule has 2 rings (SSSR count). The van der Waals surface area contributed by atoms with Gasteiger partial charge in [0.2, 0.25) is 0 Å². The highest BCUT2D eigenvalue weighted by Crippen LogP contribution is 2.23. The summed E-state index contributed by atoms with van der Waals surface area (Å²) >= 11 is 0. The molecule has 0 aromatic heterocycles. The molecule has 1 unspecified atom stereocenters. The van der Waals surface area contributed by atoms with E-state index in [1.54, 1.807) is 0 Å². The van der Waals surface area contributed by atoms with Crippen molar-refractivity contribution in [1.82, 2.24) is 0 Å². The number of fused-ring (bicyclic) bond motifs is 1. The maximum atomic E-state index is 10.0. The quantitative estimate of drug-likeness (QED) is 0.823. The zero-order valence-corrected chi connectivity index (χ0v) is 11.1. The van der Waals surface area contributed by atoms with Gasteiger partial charge in [0.1, 0.15) is 0 Å². The molecular formula is C16H24O. The summed E-state index contributed by atoms with van der Waals surface area (Å²) in [5, 5.41) is 10.0. The highest BCUT2D eigenvalue weighted by atomic mass is 16.3. The number of rotatable bonds is 5. The average molecular weight is 232 g/mol. The first-order valence-corrected chi connectivity index (χ1v) is 6.94. The largest absolute Gasteiger partial charge is 0.393 e. The molecule has 0 fully saturated rings. The summed E-state index contributed by atoms with van der Waals surface area (Å²) < 4.78 is 0. The van der Waals surface area contributed by atoms with E-state index in [1.165, 1.54) is 36.0 Å². The third-order valence-corrected chi connectivity index (χ3v) is 3.71. The van der Waals surface area contributed by atoms with Crippen molar-refractivity contribution in [3.63, 3.8) is 0 Å². The molecular weight excluding hydrogens is 208 g/mol. The van der Waals surface area contributed by atoms with E-state index >= 15 is 0 Å². The van der Waals surface area contributed by atoms with Crippen LogP contribution in [0.3, 0.4) is 0 Å². The maximum absolute atomic E-state index is 10.0. The van der Waals surface area contributed by atoms with E-state index in [0.717, 1.165) is 19.3 Å². The fraction of sp³-hybridized carbons (Fsp3) is 0.625. The Labute approximate surface area is 105 Å². The van der Waals surface area contributed by atoms with Gasteiger partial charge >= 0.3 is 0 Å². The van der Waals surface area contributed by atoms with Gasteiger partial charge in [0.05, 0.1) is 6.10 Å². The summed E-state index contributed by atoms with van der Waals surface area (Å²) in [6.45, 7) is 4.42. The Hall–Kier alpha value is -0.820. The van der Waals surface area contributed by atoms with Crippen LogP contribution < -0.4 is 0 Å². The average Bonchev–Trinajstić information content (AvgIpc) is 2.73. The van der Waals surface area contributed by atoms with Crippen molar-refractivity contribution in [1.29, 1.82) is 0 Å². The Morgan fingerprint density at radius 1 is 1.12 bits per heavy atom. The molecule has 0 saturated carbocycles. The van der Waals surface area contributed by atoms with Gasteiger partial charge in [0, 0.05) is 0 Å². The molecule has 0 bridgehead atoms. The number of hydrogen-bond donors (Lipinski definition) is 1. The van der Waals surface area contributed by atoms with Gasteiger partial charge in [-0.1, -0.05) is 32.0 Å². The topological polar surface area (TPSA) is 20.2 Å². The second kappa shape index (κ2) is 5.68. The van der Waals surface area contributed by atoms with Gasteiger partial charge in [-0.25, -0.2) is 0 Å². The van der Waals surface area contributed by atoms with E-state index in [1.807, 2.05) is 0 Å². The fourth-order valence-electron chi connectivity index (χ4n) is 2.65. The Bertz CT molecular complexity index is 368. The highest BCUT2D eigenvalue weighted by Gasteiger charge is 2.12. The van der Waals surface area contributed by atoms with Crippen LogP contribution in [0.4, 0.5) is 0 Å². The second-order valence-electron chi connectivity index (χ2n) is 5.79. The molecule has 1 aromatic carbocycles. The van der Waals surface area contributed by atoms with E-state index in [4.69, 9.17) is 0 Å². The lowest BCUT2D eigenvalue weighted by Crippen LogP contribution is -2.11. The number of hydrogen-bond acceptors (Lipinski definition) is 1. The standard InChI is InChI=1S/C16H24O/c1-12(2)6-9-16(17)11-13-7-8-14-4-3-5-15(14)10-13/h7-8,10,12,16-17H,3-6,9,11H2,1-2H3. The van der Waals surface area contributed by atoms with Crippen molar-refractivity contribution in [3.8, 4) is 0 Å². The summed E-state index contributed by atoms with van der Waals surface area (Å²) in [5.74, 6) is 0.685. The first-order valence-electron chi connectivity index (χ1n) is 6.94. The molecule has 1 N–H and O–H groups in total. The zero-order chi connectivity index (χ0) is 12.3. The normalized spacial score (nSPS) is 16.2. The Morgan fingerprint density at radius 3 is 2.65 bits per heavy atom. The van der Waals surface area contributed by atoms with Crippen molar-refractivity contribution in [2.45, 2.75) is 58.5 Å². The third-order valence-electron chi connectivity index (χ3n) is 3.71. The van der Waals surface area contributed by atoms with Crippen LogP contribution >= 0.6 is 0 Å². The molecule has 0 radical (unpaired) electrons. The van der Waals surface area contributed by atoms with Crippen molar-refractivity contribution in [3.05, 3.63) is 34.9 Å². The highest BCUT2D eigenvalue weighted by molar-refractivity contribution is 5.35. The number of aliphatic hydroxyl groups excluding tert-OH is 1. The second-order valence-corrected chi connectivity index (χ2v) is 5.79. The number of aliphatic hydroxyl groups is 1. The molecule has 0 aliphatic heterocycles. The molecule has 0 spiro atoms. The van der Waals surface area contributed by atoms with Crippen LogP contribution in [0, 0.1) is 5.92 Å². The fourth-order valence-corrected chi connectivity index (χ4v) is 2.65. The zero-order valence-electron chi connectivity index (χ0n) is 11.1. The molecule has 1 aliphatic carbocycles. The molecule has 1 aliphatic rings. The number of aryl methyl sites for hydroxylation is 2. The van der Waals surface area contributed by atoms with Gasteiger partial charge in [-0.2, -0.15) is 0 Å². The van der Waals surface area contributed by atoms with E-state index in [-0.39, 0.29) is 6.10 Å². The third kappa shape index (κ3) is 3.57. The van der Waals surface area contributed by atoms with E-state index in [2.05, 4.69) is 32.0 Å². The van der Waals surface area contributed by atoms with E-state index < -0.39 is 0 Å². The number of benzene rings is 1. The predicted octanol–water partition coefficient (Wildman–Crippen LogP) is 3.51. The van der Waals surface area contributed by atoms with E-state index in [9.17, 15) is 5.11 Å². The lowest BCUT2D eigenvalue weighted by atomic mass is 9.98. The van der Waals surface area contributed by atoms with Crippen molar-refractivity contribution in [2.24, 2.45) is 5.92 Å². The van der Waals surface area contributed by atoms with Crippen LogP contribution in [0.5, 0.6) is 0 Å². The smallest absolute Gasteiger partial charge is 0.0580 e. The van der Waals surface area contributed by atoms with Gasteiger partial charge in [0.25, 0.3) is 0 Å². The first-order chi connectivity index (χ1) is 8.15. The summed E-state index contributed by atoms with van der Waals surface area (Å²) in [4.78, 5) is 0. The van der Waals surface area contributed by atoms with Crippen molar-refractivity contribution < 1.29 is 5.11 Å². The minimum absolute atomic E-state index is 0.170. The summed E-state index contributed by atoms with van der Waals surface area (Å²) in [6.07, 6.45) is 6.46. The van der Waals surface area contributed by atoms with Gasteiger partial charge < -0.3 is 5.11 Å². The van der Waals surface area contributed by atoms with Gasteiger partial charge in [-0.05, 0) is 61.1 Å². The molecule has 1 nitrogen and oxygen atoms in total. The lowest BCUT2D eigenvalue weighted by molar-refractivity contribution is 0.157. The minimum atomic E-state index is -0.170.